The molecular weight excluding hydrogens is 446 g/mol. The van der Waals surface area contributed by atoms with Crippen molar-refractivity contribution in [3.63, 3.8) is 0 Å². The standard InChI is InChI=1S/C12H14Br3NOS/c13-5-2-6-16(8-3-1-4-8)12(17)10-7-9(14)11(15)18-10/h7-8H,1-6H2. The highest BCUT2D eigenvalue weighted by atomic mass is 79.9. The Morgan fingerprint density at radius 3 is 2.61 bits per heavy atom. The summed E-state index contributed by atoms with van der Waals surface area (Å²) in [4.78, 5) is 15.4. The van der Waals surface area contributed by atoms with E-state index in [9.17, 15) is 4.79 Å². The average Bonchev–Trinajstić information content (AvgIpc) is 2.61. The average molecular weight is 460 g/mol. The number of carbonyl (C=O) groups is 1. The minimum Gasteiger partial charge on any atom is -0.335 e. The van der Waals surface area contributed by atoms with Crippen molar-refractivity contribution in [1.29, 1.82) is 0 Å². The van der Waals surface area contributed by atoms with Gasteiger partial charge in [0.25, 0.3) is 5.91 Å². The number of hydrogen-bond donors (Lipinski definition) is 0. The molecule has 1 heterocycles. The molecule has 1 saturated carbocycles. The Hall–Kier alpha value is 0.610. The molecule has 18 heavy (non-hydrogen) atoms. The number of rotatable bonds is 5. The Labute approximate surface area is 137 Å². The van der Waals surface area contributed by atoms with E-state index in [0.717, 1.165) is 44.3 Å². The Morgan fingerprint density at radius 2 is 2.17 bits per heavy atom. The topological polar surface area (TPSA) is 20.3 Å². The zero-order valence-electron chi connectivity index (χ0n) is 9.79. The van der Waals surface area contributed by atoms with Gasteiger partial charge in [0, 0.05) is 22.4 Å². The number of hydrogen-bond acceptors (Lipinski definition) is 2. The van der Waals surface area contributed by atoms with Gasteiger partial charge < -0.3 is 4.90 Å². The number of alkyl halides is 1. The van der Waals surface area contributed by atoms with E-state index in [-0.39, 0.29) is 5.91 Å². The molecule has 0 saturated heterocycles. The van der Waals surface area contributed by atoms with Crippen LogP contribution in [0.2, 0.25) is 0 Å². The predicted octanol–water partition coefficient (Wildman–Crippen LogP) is 5.05. The second-order valence-corrected chi connectivity index (χ2v) is 8.38. The quantitative estimate of drug-likeness (QED) is 0.564. The zero-order valence-corrected chi connectivity index (χ0v) is 15.4. The van der Waals surface area contributed by atoms with Gasteiger partial charge in [-0.25, -0.2) is 0 Å². The van der Waals surface area contributed by atoms with E-state index in [1.807, 2.05) is 6.07 Å². The third-order valence-electron chi connectivity index (χ3n) is 3.16. The normalized spacial score (nSPS) is 15.5. The predicted molar refractivity (Wildman–Crippen MR) is 86.8 cm³/mol. The van der Waals surface area contributed by atoms with E-state index in [4.69, 9.17) is 0 Å². The lowest BCUT2D eigenvalue weighted by Crippen LogP contribution is -2.44. The van der Waals surface area contributed by atoms with E-state index in [1.54, 1.807) is 0 Å². The molecule has 0 spiro atoms. The molecule has 0 radical (unpaired) electrons. The van der Waals surface area contributed by atoms with E-state index in [0.29, 0.717) is 6.04 Å². The summed E-state index contributed by atoms with van der Waals surface area (Å²) in [5, 5.41) is 0.946. The maximum atomic E-state index is 12.5. The molecule has 1 fully saturated rings. The number of halogens is 3. The number of carbonyl (C=O) groups excluding carboxylic acids is 1. The Morgan fingerprint density at radius 1 is 1.44 bits per heavy atom. The van der Waals surface area contributed by atoms with Crippen molar-refractivity contribution in [2.45, 2.75) is 31.7 Å². The summed E-state index contributed by atoms with van der Waals surface area (Å²) in [5.41, 5.74) is 0. The summed E-state index contributed by atoms with van der Waals surface area (Å²) in [6, 6.07) is 2.37. The van der Waals surface area contributed by atoms with Crippen LogP contribution in [0, 0.1) is 0 Å². The lowest BCUT2D eigenvalue weighted by Gasteiger charge is -2.37. The number of nitrogens with zero attached hydrogens (tertiary/aromatic N) is 1. The van der Waals surface area contributed by atoms with Crippen LogP contribution in [0.5, 0.6) is 0 Å². The van der Waals surface area contributed by atoms with Crippen LogP contribution in [0.15, 0.2) is 14.3 Å². The van der Waals surface area contributed by atoms with Gasteiger partial charge in [-0.1, -0.05) is 15.9 Å². The molecule has 1 aromatic heterocycles. The Bertz CT molecular complexity index is 411. The Kier molecular flexibility index (Phi) is 5.72. The molecule has 1 aliphatic rings. The van der Waals surface area contributed by atoms with Crippen molar-refractivity contribution < 1.29 is 4.79 Å². The van der Waals surface area contributed by atoms with Crippen molar-refractivity contribution in [2.24, 2.45) is 0 Å². The van der Waals surface area contributed by atoms with Gasteiger partial charge in [0.05, 0.1) is 8.66 Å². The molecule has 1 aliphatic carbocycles. The van der Waals surface area contributed by atoms with Gasteiger partial charge in [-0.2, -0.15) is 0 Å². The van der Waals surface area contributed by atoms with Crippen LogP contribution in [-0.4, -0.2) is 28.7 Å². The summed E-state index contributed by atoms with van der Waals surface area (Å²) in [6.07, 6.45) is 4.57. The molecule has 0 unspecified atom stereocenters. The van der Waals surface area contributed by atoms with E-state index < -0.39 is 0 Å². The lowest BCUT2D eigenvalue weighted by atomic mass is 9.91. The van der Waals surface area contributed by atoms with Crippen LogP contribution >= 0.6 is 59.1 Å². The van der Waals surface area contributed by atoms with Gasteiger partial charge in [0.15, 0.2) is 0 Å². The first kappa shape index (κ1) is 15.0. The smallest absolute Gasteiger partial charge is 0.264 e. The van der Waals surface area contributed by atoms with E-state index in [1.165, 1.54) is 17.8 Å². The summed E-state index contributed by atoms with van der Waals surface area (Å²) in [7, 11) is 0. The van der Waals surface area contributed by atoms with E-state index in [2.05, 4.69) is 52.7 Å². The highest BCUT2D eigenvalue weighted by Crippen LogP contribution is 2.34. The minimum atomic E-state index is 0.178. The van der Waals surface area contributed by atoms with Gasteiger partial charge in [0.1, 0.15) is 0 Å². The minimum absolute atomic E-state index is 0.178. The second-order valence-electron chi connectivity index (χ2n) is 4.36. The molecule has 0 N–H and O–H groups in total. The van der Waals surface area contributed by atoms with Gasteiger partial charge in [-0.05, 0) is 63.6 Å². The third-order valence-corrected chi connectivity index (χ3v) is 6.97. The Balaban J connectivity index is 2.11. The first-order valence-electron chi connectivity index (χ1n) is 5.95. The summed E-state index contributed by atoms with van der Waals surface area (Å²) in [5.74, 6) is 0.178. The third kappa shape index (κ3) is 3.38. The van der Waals surface area contributed by atoms with Crippen molar-refractivity contribution in [1.82, 2.24) is 4.90 Å². The number of thiophene rings is 1. The van der Waals surface area contributed by atoms with Gasteiger partial charge in [-0.15, -0.1) is 11.3 Å². The molecule has 2 rings (SSSR count). The molecule has 0 bridgehead atoms. The molecular formula is C12H14Br3NOS. The van der Waals surface area contributed by atoms with Crippen LogP contribution in [0.3, 0.4) is 0 Å². The molecule has 0 aliphatic heterocycles. The first-order chi connectivity index (χ1) is 8.63. The van der Waals surface area contributed by atoms with Crippen LogP contribution in [0.25, 0.3) is 0 Å². The molecule has 2 nitrogen and oxygen atoms in total. The maximum Gasteiger partial charge on any atom is 0.264 e. The van der Waals surface area contributed by atoms with Crippen LogP contribution in [-0.2, 0) is 0 Å². The molecule has 100 valence electrons. The first-order valence-corrected chi connectivity index (χ1v) is 9.47. The van der Waals surface area contributed by atoms with Gasteiger partial charge in [0.2, 0.25) is 0 Å². The van der Waals surface area contributed by atoms with Gasteiger partial charge >= 0.3 is 0 Å². The fourth-order valence-electron chi connectivity index (χ4n) is 1.97. The fourth-order valence-corrected chi connectivity index (χ4v) is 4.21. The SMILES string of the molecule is O=C(c1cc(Br)c(Br)s1)N(CCCBr)C1CCC1. The second kappa shape index (κ2) is 6.86. The van der Waals surface area contributed by atoms with Crippen molar-refractivity contribution in [3.8, 4) is 0 Å². The van der Waals surface area contributed by atoms with Crippen molar-refractivity contribution in [3.05, 3.63) is 19.2 Å². The molecule has 6 heteroatoms. The summed E-state index contributed by atoms with van der Waals surface area (Å²) in [6.45, 7) is 0.849. The number of amides is 1. The summed E-state index contributed by atoms with van der Waals surface area (Å²) >= 11 is 11.8. The molecule has 0 atom stereocenters. The van der Waals surface area contributed by atoms with Crippen LogP contribution in [0.4, 0.5) is 0 Å². The highest BCUT2D eigenvalue weighted by molar-refractivity contribution is 9.13. The van der Waals surface area contributed by atoms with Gasteiger partial charge in [-0.3, -0.25) is 4.79 Å². The summed E-state index contributed by atoms with van der Waals surface area (Å²) < 4.78 is 1.95. The molecule has 1 aromatic rings. The van der Waals surface area contributed by atoms with Crippen molar-refractivity contribution >= 4 is 65.0 Å². The highest BCUT2D eigenvalue weighted by Gasteiger charge is 2.29. The van der Waals surface area contributed by atoms with E-state index >= 15 is 0 Å². The maximum absolute atomic E-state index is 12.5. The lowest BCUT2D eigenvalue weighted by molar-refractivity contribution is 0.0586. The largest absolute Gasteiger partial charge is 0.335 e. The fraction of sp³-hybridized carbons (Fsp3) is 0.583. The van der Waals surface area contributed by atoms with Crippen LogP contribution in [0.1, 0.15) is 35.4 Å². The zero-order chi connectivity index (χ0) is 13.1. The van der Waals surface area contributed by atoms with Crippen molar-refractivity contribution in [2.75, 3.05) is 11.9 Å². The monoisotopic (exact) mass is 457 g/mol. The van der Waals surface area contributed by atoms with Crippen LogP contribution < -0.4 is 0 Å². The molecule has 1 amide bonds. The molecule has 0 aromatic carbocycles.